The Bertz CT molecular complexity index is 377. The van der Waals surface area contributed by atoms with Crippen LogP contribution in [0.1, 0.15) is 129 Å². The first-order valence-corrected chi connectivity index (χ1v) is 15.4. The van der Waals surface area contributed by atoms with Crippen LogP contribution >= 0.6 is 0 Å². The number of ether oxygens (including phenoxy) is 2. The molecule has 0 bridgehead atoms. The van der Waals surface area contributed by atoms with Crippen molar-refractivity contribution in [3.63, 3.8) is 0 Å². The van der Waals surface area contributed by atoms with Crippen molar-refractivity contribution >= 4 is 0 Å². The fourth-order valence-electron chi connectivity index (χ4n) is 4.63. The van der Waals surface area contributed by atoms with Gasteiger partial charge in [-0.05, 0) is 67.0 Å². The summed E-state index contributed by atoms with van der Waals surface area (Å²) < 4.78 is 12.7. The summed E-state index contributed by atoms with van der Waals surface area (Å²) in [6.07, 6.45) is 23.9. The van der Waals surface area contributed by atoms with Crippen LogP contribution in [0, 0.1) is 5.41 Å². The predicted molar refractivity (Wildman–Crippen MR) is 156 cm³/mol. The highest BCUT2D eigenvalue weighted by atomic mass is 16.5. The fourth-order valence-corrected chi connectivity index (χ4v) is 4.63. The van der Waals surface area contributed by atoms with Crippen molar-refractivity contribution in [1.29, 1.82) is 0 Å². The van der Waals surface area contributed by atoms with Gasteiger partial charge < -0.3 is 19.3 Å². The van der Waals surface area contributed by atoms with Crippen LogP contribution in [0.2, 0.25) is 0 Å². The summed E-state index contributed by atoms with van der Waals surface area (Å²) in [6.45, 7) is 10.2. The van der Waals surface area contributed by atoms with E-state index in [0.717, 1.165) is 52.4 Å². The van der Waals surface area contributed by atoms with Gasteiger partial charge >= 0.3 is 0 Å². The van der Waals surface area contributed by atoms with Gasteiger partial charge in [0, 0.05) is 18.6 Å². The van der Waals surface area contributed by atoms with Crippen molar-refractivity contribution in [2.24, 2.45) is 5.41 Å². The molecule has 0 saturated heterocycles. The maximum Gasteiger partial charge on any atom is 0.0545 e. The first-order valence-electron chi connectivity index (χ1n) is 15.4. The van der Waals surface area contributed by atoms with E-state index in [1.807, 2.05) is 0 Å². The molecule has 0 aliphatic heterocycles. The van der Waals surface area contributed by atoms with Crippen LogP contribution in [-0.2, 0) is 9.47 Å². The van der Waals surface area contributed by atoms with Gasteiger partial charge in [-0.3, -0.25) is 0 Å². The normalized spacial score (nSPS) is 12.3. The summed E-state index contributed by atoms with van der Waals surface area (Å²) in [4.78, 5) is 4.61. The summed E-state index contributed by atoms with van der Waals surface area (Å²) in [6, 6.07) is 0. The summed E-state index contributed by atoms with van der Waals surface area (Å²) >= 11 is 0. The molecule has 0 N–H and O–H groups in total. The molecule has 0 fully saturated rings. The molecule has 0 aliphatic carbocycles. The van der Waals surface area contributed by atoms with Gasteiger partial charge in [-0.2, -0.15) is 0 Å². The van der Waals surface area contributed by atoms with E-state index in [-0.39, 0.29) is 5.41 Å². The number of nitrogens with zero attached hydrogens (tertiary/aromatic N) is 2. The first kappa shape index (κ1) is 34.8. The van der Waals surface area contributed by atoms with Gasteiger partial charge in [0.15, 0.2) is 0 Å². The van der Waals surface area contributed by atoms with Gasteiger partial charge in [0.1, 0.15) is 0 Å². The molecule has 0 rings (SSSR count). The minimum absolute atomic E-state index is 0.120. The average molecular weight is 499 g/mol. The molecule has 0 amide bonds. The number of unbranched alkanes of at least 4 members (excludes halogenated alkanes) is 14. The van der Waals surface area contributed by atoms with Gasteiger partial charge in [0.25, 0.3) is 0 Å². The van der Waals surface area contributed by atoms with Gasteiger partial charge in [0.05, 0.1) is 13.2 Å². The molecule has 212 valence electrons. The van der Waals surface area contributed by atoms with Crippen LogP contribution in [0.4, 0.5) is 0 Å². The number of hydrogen-bond donors (Lipinski definition) is 0. The quantitative estimate of drug-likeness (QED) is 0.101. The van der Waals surface area contributed by atoms with Crippen LogP contribution in [0.5, 0.6) is 0 Å². The zero-order valence-electron chi connectivity index (χ0n) is 25.2. The van der Waals surface area contributed by atoms with E-state index in [1.54, 1.807) is 0 Å². The minimum Gasteiger partial charge on any atom is -0.381 e. The van der Waals surface area contributed by atoms with Crippen molar-refractivity contribution < 1.29 is 9.47 Å². The molecule has 0 aliphatic rings. The Morgan fingerprint density at radius 3 is 1.09 bits per heavy atom. The highest BCUT2D eigenvalue weighted by Crippen LogP contribution is 2.29. The van der Waals surface area contributed by atoms with Crippen LogP contribution in [0.15, 0.2) is 0 Å². The second-order valence-electron chi connectivity index (χ2n) is 11.7. The van der Waals surface area contributed by atoms with E-state index in [0.29, 0.717) is 0 Å². The summed E-state index contributed by atoms with van der Waals surface area (Å²) in [5, 5.41) is 0. The van der Waals surface area contributed by atoms with Gasteiger partial charge in [-0.1, -0.05) is 104 Å². The van der Waals surface area contributed by atoms with E-state index in [2.05, 4.69) is 51.8 Å². The lowest BCUT2D eigenvalue weighted by Gasteiger charge is -2.35. The Kier molecular flexibility index (Phi) is 25.4. The van der Waals surface area contributed by atoms with Crippen molar-refractivity contribution in [2.45, 2.75) is 129 Å². The van der Waals surface area contributed by atoms with E-state index < -0.39 is 0 Å². The van der Waals surface area contributed by atoms with E-state index in [4.69, 9.17) is 9.47 Å². The highest BCUT2D eigenvalue weighted by molar-refractivity contribution is 4.81. The fraction of sp³-hybridized carbons (Fsp3) is 1.00. The topological polar surface area (TPSA) is 24.9 Å². The summed E-state index contributed by atoms with van der Waals surface area (Å²) in [7, 11) is 8.72. The largest absolute Gasteiger partial charge is 0.381 e. The smallest absolute Gasteiger partial charge is 0.0545 e. The molecule has 0 spiro atoms. The Balaban J connectivity index is 4.40. The summed E-state index contributed by atoms with van der Waals surface area (Å²) in [5.41, 5.74) is 0.120. The third-order valence-corrected chi connectivity index (χ3v) is 7.28. The predicted octanol–water partition coefficient (Wildman–Crippen LogP) is 8.19. The lowest BCUT2D eigenvalue weighted by molar-refractivity contribution is -0.0388. The van der Waals surface area contributed by atoms with Crippen molar-refractivity contribution in [1.82, 2.24) is 9.80 Å². The lowest BCUT2D eigenvalue weighted by atomic mass is 9.82. The maximum absolute atomic E-state index is 6.33. The zero-order valence-corrected chi connectivity index (χ0v) is 25.2. The van der Waals surface area contributed by atoms with Crippen LogP contribution in [0.3, 0.4) is 0 Å². The Labute approximate surface area is 221 Å². The van der Waals surface area contributed by atoms with Crippen molar-refractivity contribution in [2.75, 3.05) is 67.7 Å². The second-order valence-corrected chi connectivity index (χ2v) is 11.7. The Morgan fingerprint density at radius 2 is 0.771 bits per heavy atom. The standard InChI is InChI=1S/C31H66N2O2/c1-7-9-11-13-15-17-19-21-27-34-29-31(23-25-32(3)4,24-26-33(5)6)30-35-28-22-20-18-16-14-12-10-8-2/h7-30H2,1-6H3. The van der Waals surface area contributed by atoms with Gasteiger partial charge in [-0.15, -0.1) is 0 Å². The molecular weight excluding hydrogens is 432 g/mol. The third kappa shape index (κ3) is 24.0. The molecule has 4 nitrogen and oxygen atoms in total. The molecule has 0 aromatic heterocycles. The first-order chi connectivity index (χ1) is 17.0. The second kappa shape index (κ2) is 25.5. The molecule has 0 radical (unpaired) electrons. The van der Waals surface area contributed by atoms with E-state index in [1.165, 1.54) is 103 Å². The molecular formula is C31H66N2O2. The molecule has 0 saturated carbocycles. The van der Waals surface area contributed by atoms with E-state index >= 15 is 0 Å². The molecule has 0 aromatic carbocycles. The molecule has 0 unspecified atom stereocenters. The van der Waals surface area contributed by atoms with Crippen LogP contribution < -0.4 is 0 Å². The van der Waals surface area contributed by atoms with Crippen molar-refractivity contribution in [3.8, 4) is 0 Å². The minimum atomic E-state index is 0.120. The van der Waals surface area contributed by atoms with Gasteiger partial charge in [0.2, 0.25) is 0 Å². The average Bonchev–Trinajstić information content (AvgIpc) is 2.83. The number of hydrogen-bond acceptors (Lipinski definition) is 4. The Hall–Kier alpha value is -0.160. The molecule has 4 heteroatoms. The highest BCUT2D eigenvalue weighted by Gasteiger charge is 2.31. The lowest BCUT2D eigenvalue weighted by Crippen LogP contribution is -2.38. The van der Waals surface area contributed by atoms with E-state index in [9.17, 15) is 0 Å². The zero-order chi connectivity index (χ0) is 26.0. The Morgan fingerprint density at radius 1 is 0.457 bits per heavy atom. The molecule has 0 aromatic rings. The van der Waals surface area contributed by atoms with Crippen LogP contribution in [0.25, 0.3) is 0 Å². The number of rotatable bonds is 28. The van der Waals surface area contributed by atoms with Crippen molar-refractivity contribution in [3.05, 3.63) is 0 Å². The third-order valence-electron chi connectivity index (χ3n) is 7.28. The van der Waals surface area contributed by atoms with Crippen LogP contribution in [-0.4, -0.2) is 77.5 Å². The van der Waals surface area contributed by atoms with Gasteiger partial charge in [-0.25, -0.2) is 0 Å². The SMILES string of the molecule is CCCCCCCCCCOCC(CCN(C)C)(CCN(C)C)COCCCCCCCCCC. The molecule has 0 atom stereocenters. The summed E-state index contributed by atoms with van der Waals surface area (Å²) in [5.74, 6) is 0. The molecule has 35 heavy (non-hydrogen) atoms. The maximum atomic E-state index is 6.33. The monoisotopic (exact) mass is 499 g/mol. The molecule has 0 heterocycles.